The lowest BCUT2D eigenvalue weighted by Gasteiger charge is -2.35. The van der Waals surface area contributed by atoms with E-state index in [0.717, 1.165) is 24.8 Å². The summed E-state index contributed by atoms with van der Waals surface area (Å²) in [7, 11) is 0. The molecule has 2 rings (SSSR count). The maximum atomic E-state index is 12.6. The van der Waals surface area contributed by atoms with Gasteiger partial charge in [0, 0.05) is 18.8 Å². The Morgan fingerprint density at radius 2 is 1.70 bits per heavy atom. The van der Waals surface area contributed by atoms with Crippen molar-refractivity contribution in [2.45, 2.75) is 76.5 Å². The fourth-order valence-electron chi connectivity index (χ4n) is 3.46. The predicted molar refractivity (Wildman–Crippen MR) is 90.9 cm³/mol. The number of piperidine rings is 1. The first-order chi connectivity index (χ1) is 11.2. The first-order valence-electron chi connectivity index (χ1n) is 8.94. The van der Waals surface area contributed by atoms with Gasteiger partial charge in [-0.3, -0.25) is 19.9 Å². The van der Waals surface area contributed by atoms with Crippen LogP contribution in [-0.4, -0.2) is 16.8 Å². The van der Waals surface area contributed by atoms with Crippen molar-refractivity contribution in [2.75, 3.05) is 0 Å². The molecule has 1 saturated heterocycles. The molecule has 4 heteroatoms. The Morgan fingerprint density at radius 1 is 1.04 bits per heavy atom. The second-order valence-electron chi connectivity index (χ2n) is 6.57. The van der Waals surface area contributed by atoms with Crippen LogP contribution in [0.4, 0.5) is 0 Å². The van der Waals surface area contributed by atoms with Gasteiger partial charge in [0.05, 0.1) is 5.41 Å². The summed E-state index contributed by atoms with van der Waals surface area (Å²) < 4.78 is 0. The first kappa shape index (κ1) is 17.6. The highest BCUT2D eigenvalue weighted by Crippen LogP contribution is 2.37. The van der Waals surface area contributed by atoms with Gasteiger partial charge in [-0.1, -0.05) is 51.9 Å². The van der Waals surface area contributed by atoms with Gasteiger partial charge in [0.15, 0.2) is 0 Å². The van der Waals surface area contributed by atoms with E-state index in [2.05, 4.69) is 17.2 Å². The number of aromatic nitrogens is 1. The lowest BCUT2D eigenvalue weighted by molar-refractivity contribution is -0.138. The zero-order valence-corrected chi connectivity index (χ0v) is 14.1. The number of nitrogens with zero attached hydrogens (tertiary/aromatic N) is 1. The molecule has 1 aliphatic rings. The van der Waals surface area contributed by atoms with E-state index >= 15 is 0 Å². The van der Waals surface area contributed by atoms with Crippen molar-refractivity contribution in [1.29, 1.82) is 0 Å². The number of imide groups is 1. The van der Waals surface area contributed by atoms with Crippen LogP contribution in [0.1, 0.15) is 76.7 Å². The number of amides is 2. The highest BCUT2D eigenvalue weighted by molar-refractivity contribution is 6.03. The number of hydrogen-bond donors (Lipinski definition) is 1. The number of carbonyl (C=O) groups excluding carboxylic acids is 2. The van der Waals surface area contributed by atoms with Gasteiger partial charge in [0.25, 0.3) is 0 Å². The monoisotopic (exact) mass is 316 g/mol. The van der Waals surface area contributed by atoms with Gasteiger partial charge < -0.3 is 0 Å². The normalized spacial score (nSPS) is 21.3. The molecule has 1 aliphatic heterocycles. The smallest absolute Gasteiger partial charge is 0.237 e. The van der Waals surface area contributed by atoms with Gasteiger partial charge in [-0.2, -0.15) is 0 Å². The standard InChI is InChI=1S/C19H28N2O2/c1-2-3-4-5-6-7-8-12-19(16-10-14-20-15-11-16)13-9-17(22)21-18(19)23/h10-11,14-15H,2-9,12-13H2,1H3,(H,21,22,23)/t19-/m1/s1. The molecule has 2 heterocycles. The fraction of sp³-hybridized carbons (Fsp3) is 0.632. The predicted octanol–water partition coefficient (Wildman–Crippen LogP) is 3.90. The van der Waals surface area contributed by atoms with E-state index in [9.17, 15) is 9.59 Å². The minimum Gasteiger partial charge on any atom is -0.296 e. The zero-order chi connectivity index (χ0) is 16.5. The number of carbonyl (C=O) groups is 2. The van der Waals surface area contributed by atoms with E-state index < -0.39 is 5.41 Å². The summed E-state index contributed by atoms with van der Waals surface area (Å²) >= 11 is 0. The van der Waals surface area contributed by atoms with Crippen molar-refractivity contribution in [3.05, 3.63) is 30.1 Å². The molecule has 0 saturated carbocycles. The molecule has 0 aromatic carbocycles. The Labute approximate surface area is 139 Å². The third kappa shape index (κ3) is 4.63. The molecule has 0 unspecified atom stereocenters. The van der Waals surface area contributed by atoms with Crippen molar-refractivity contribution < 1.29 is 9.59 Å². The number of unbranched alkanes of at least 4 members (excludes halogenated alkanes) is 6. The van der Waals surface area contributed by atoms with Gasteiger partial charge in [-0.05, 0) is 30.5 Å². The Bertz CT molecular complexity index is 515. The summed E-state index contributed by atoms with van der Waals surface area (Å²) in [6, 6.07) is 3.83. The molecule has 1 fully saturated rings. The van der Waals surface area contributed by atoms with Crippen molar-refractivity contribution in [1.82, 2.24) is 10.3 Å². The summed E-state index contributed by atoms with van der Waals surface area (Å²) in [5.41, 5.74) is 0.434. The molecular weight excluding hydrogens is 288 g/mol. The van der Waals surface area contributed by atoms with Crippen molar-refractivity contribution in [3.63, 3.8) is 0 Å². The fourth-order valence-corrected chi connectivity index (χ4v) is 3.46. The summed E-state index contributed by atoms with van der Waals surface area (Å²) in [4.78, 5) is 28.2. The van der Waals surface area contributed by atoms with E-state index in [1.54, 1.807) is 12.4 Å². The van der Waals surface area contributed by atoms with Crippen LogP contribution in [0.25, 0.3) is 0 Å². The maximum Gasteiger partial charge on any atom is 0.237 e. The van der Waals surface area contributed by atoms with Gasteiger partial charge in [-0.15, -0.1) is 0 Å². The lowest BCUT2D eigenvalue weighted by Crippen LogP contribution is -2.51. The van der Waals surface area contributed by atoms with Crippen LogP contribution in [-0.2, 0) is 15.0 Å². The number of pyridine rings is 1. The number of nitrogens with one attached hydrogen (secondary N) is 1. The second-order valence-corrected chi connectivity index (χ2v) is 6.57. The average molecular weight is 316 g/mol. The molecule has 2 amide bonds. The van der Waals surface area contributed by atoms with Gasteiger partial charge in [0.2, 0.25) is 11.8 Å². The maximum absolute atomic E-state index is 12.6. The minimum atomic E-state index is -0.555. The van der Waals surface area contributed by atoms with E-state index in [4.69, 9.17) is 0 Å². The Balaban J connectivity index is 1.96. The molecule has 0 radical (unpaired) electrons. The molecule has 1 atom stereocenters. The minimum absolute atomic E-state index is 0.133. The summed E-state index contributed by atoms with van der Waals surface area (Å²) in [6.07, 6.45) is 13.9. The lowest BCUT2D eigenvalue weighted by atomic mass is 9.70. The third-order valence-electron chi connectivity index (χ3n) is 4.91. The topological polar surface area (TPSA) is 59.1 Å². The van der Waals surface area contributed by atoms with Crippen LogP contribution < -0.4 is 5.32 Å². The SMILES string of the molecule is CCCCCCCCC[C@]1(c2ccncc2)CCC(=O)NC1=O. The average Bonchev–Trinajstić information content (AvgIpc) is 2.57. The molecule has 0 bridgehead atoms. The molecule has 1 aromatic rings. The molecule has 23 heavy (non-hydrogen) atoms. The molecule has 1 aromatic heterocycles. The molecule has 4 nitrogen and oxygen atoms in total. The van der Waals surface area contributed by atoms with E-state index in [-0.39, 0.29) is 11.8 Å². The summed E-state index contributed by atoms with van der Waals surface area (Å²) in [6.45, 7) is 2.22. The highest BCUT2D eigenvalue weighted by Gasteiger charge is 2.43. The number of rotatable bonds is 9. The number of hydrogen-bond acceptors (Lipinski definition) is 3. The van der Waals surface area contributed by atoms with Gasteiger partial charge in [-0.25, -0.2) is 0 Å². The van der Waals surface area contributed by atoms with Crippen LogP contribution in [0.5, 0.6) is 0 Å². The Hall–Kier alpha value is -1.71. The summed E-state index contributed by atoms with van der Waals surface area (Å²) in [5, 5.41) is 2.54. The second kappa shape index (κ2) is 8.80. The van der Waals surface area contributed by atoms with Crippen LogP contribution >= 0.6 is 0 Å². The van der Waals surface area contributed by atoms with Crippen molar-refractivity contribution in [3.8, 4) is 0 Å². The van der Waals surface area contributed by atoms with Gasteiger partial charge in [0.1, 0.15) is 0 Å². The summed E-state index contributed by atoms with van der Waals surface area (Å²) in [5.74, 6) is -0.287. The van der Waals surface area contributed by atoms with Crippen LogP contribution in [0.2, 0.25) is 0 Å². The molecular formula is C19H28N2O2. The van der Waals surface area contributed by atoms with Crippen LogP contribution in [0.3, 0.4) is 0 Å². The molecule has 1 N–H and O–H groups in total. The first-order valence-corrected chi connectivity index (χ1v) is 8.94. The van der Waals surface area contributed by atoms with E-state index in [1.165, 1.54) is 32.1 Å². The molecule has 126 valence electrons. The van der Waals surface area contributed by atoms with Crippen LogP contribution in [0, 0.1) is 0 Å². The van der Waals surface area contributed by atoms with Gasteiger partial charge >= 0.3 is 0 Å². The molecule has 0 aliphatic carbocycles. The largest absolute Gasteiger partial charge is 0.296 e. The van der Waals surface area contributed by atoms with E-state index in [0.29, 0.717) is 12.8 Å². The Morgan fingerprint density at radius 3 is 2.35 bits per heavy atom. The molecule has 0 spiro atoms. The zero-order valence-electron chi connectivity index (χ0n) is 14.1. The quantitative estimate of drug-likeness (QED) is 0.555. The van der Waals surface area contributed by atoms with E-state index in [1.807, 2.05) is 12.1 Å². The third-order valence-corrected chi connectivity index (χ3v) is 4.91. The highest BCUT2D eigenvalue weighted by atomic mass is 16.2. The Kier molecular flexibility index (Phi) is 6.75. The van der Waals surface area contributed by atoms with Crippen LogP contribution in [0.15, 0.2) is 24.5 Å². The van der Waals surface area contributed by atoms with Crippen molar-refractivity contribution in [2.24, 2.45) is 0 Å². The van der Waals surface area contributed by atoms with Crippen molar-refractivity contribution >= 4 is 11.8 Å².